The third kappa shape index (κ3) is 6.31. The number of benzene rings is 1. The Balaban J connectivity index is 1.55. The Morgan fingerprint density at radius 1 is 1.08 bits per heavy atom. The number of alkyl halides is 5. The van der Waals surface area contributed by atoms with Crippen molar-refractivity contribution in [3.63, 3.8) is 0 Å². The van der Waals surface area contributed by atoms with Crippen LogP contribution in [0, 0.1) is 0 Å². The topological polar surface area (TPSA) is 88.2 Å². The zero-order chi connectivity index (χ0) is 26.5. The van der Waals surface area contributed by atoms with Crippen LogP contribution in [0.1, 0.15) is 34.3 Å². The van der Waals surface area contributed by atoms with Crippen LogP contribution in [0.25, 0.3) is 0 Å². The predicted molar refractivity (Wildman–Crippen MR) is 127 cm³/mol. The van der Waals surface area contributed by atoms with Crippen LogP contribution in [0.2, 0.25) is 0 Å². The Bertz CT molecular complexity index is 1220. The number of rotatable bonds is 9. The van der Waals surface area contributed by atoms with Crippen LogP contribution >= 0.6 is 0 Å². The first-order valence-electron chi connectivity index (χ1n) is 11.5. The van der Waals surface area contributed by atoms with Crippen LogP contribution in [0.3, 0.4) is 0 Å². The number of pyridine rings is 2. The van der Waals surface area contributed by atoms with Gasteiger partial charge >= 0.3 is 12.1 Å². The molecule has 3 heterocycles. The standard InChI is InChI=1S/C25H24F5N5O2/c26-24(27,25(28,29)30)20-6-5-17(13-21(20)37-15-18-3-1-9-32-18)35-23(36)19-4-2-10-33-22(19)34-14-16-7-11-31-12-8-16/h2,4-8,10-13,18,32H,1,3,9,14-15H2,(H,33,34)(H,35,36). The first-order valence-corrected chi connectivity index (χ1v) is 11.5. The summed E-state index contributed by atoms with van der Waals surface area (Å²) < 4.78 is 73.2. The quantitative estimate of drug-likeness (QED) is 0.339. The summed E-state index contributed by atoms with van der Waals surface area (Å²) in [5.74, 6) is -6.16. The number of hydrogen-bond donors (Lipinski definition) is 3. The van der Waals surface area contributed by atoms with Gasteiger partial charge in [0.15, 0.2) is 0 Å². The van der Waals surface area contributed by atoms with Crippen molar-refractivity contribution in [3.8, 4) is 5.75 Å². The molecule has 0 aliphatic carbocycles. The van der Waals surface area contributed by atoms with E-state index in [0.717, 1.165) is 24.1 Å². The molecule has 3 N–H and O–H groups in total. The number of carbonyl (C=O) groups excluding carboxylic acids is 1. The number of amides is 1. The van der Waals surface area contributed by atoms with Crippen molar-refractivity contribution in [2.45, 2.75) is 37.5 Å². The highest BCUT2D eigenvalue weighted by Gasteiger charge is 2.60. The van der Waals surface area contributed by atoms with E-state index in [0.29, 0.717) is 25.6 Å². The van der Waals surface area contributed by atoms with Gasteiger partial charge in [-0.1, -0.05) is 0 Å². The van der Waals surface area contributed by atoms with Crippen molar-refractivity contribution in [2.75, 3.05) is 23.8 Å². The van der Waals surface area contributed by atoms with Crippen LogP contribution in [-0.2, 0) is 12.5 Å². The summed E-state index contributed by atoms with van der Waals surface area (Å²) in [4.78, 5) is 21.1. The van der Waals surface area contributed by atoms with E-state index in [1.807, 2.05) is 0 Å². The van der Waals surface area contributed by atoms with Gasteiger partial charge in [-0.2, -0.15) is 22.0 Å². The van der Waals surface area contributed by atoms with Crippen LogP contribution in [0.5, 0.6) is 5.75 Å². The van der Waals surface area contributed by atoms with Crippen molar-refractivity contribution in [3.05, 3.63) is 77.7 Å². The van der Waals surface area contributed by atoms with Crippen molar-refractivity contribution in [1.82, 2.24) is 15.3 Å². The molecule has 0 saturated carbocycles. The van der Waals surface area contributed by atoms with Crippen molar-refractivity contribution in [1.29, 1.82) is 0 Å². The Morgan fingerprint density at radius 2 is 1.86 bits per heavy atom. The summed E-state index contributed by atoms with van der Waals surface area (Å²) in [6.07, 6.45) is 0.472. The van der Waals surface area contributed by atoms with Crippen LogP contribution in [-0.4, -0.2) is 41.2 Å². The van der Waals surface area contributed by atoms with Crippen molar-refractivity contribution in [2.24, 2.45) is 0 Å². The highest BCUT2D eigenvalue weighted by atomic mass is 19.4. The Morgan fingerprint density at radius 3 is 2.57 bits per heavy atom. The minimum absolute atomic E-state index is 0.00922. The van der Waals surface area contributed by atoms with E-state index < -0.39 is 29.3 Å². The zero-order valence-electron chi connectivity index (χ0n) is 19.5. The second-order valence-electron chi connectivity index (χ2n) is 8.45. The van der Waals surface area contributed by atoms with E-state index in [9.17, 15) is 26.7 Å². The maximum Gasteiger partial charge on any atom is 0.458 e. The number of nitrogens with zero attached hydrogens (tertiary/aromatic N) is 2. The van der Waals surface area contributed by atoms with Crippen LogP contribution in [0.4, 0.5) is 33.5 Å². The average molecular weight is 521 g/mol. The summed E-state index contributed by atoms with van der Waals surface area (Å²) in [7, 11) is 0. The average Bonchev–Trinajstić information content (AvgIpc) is 3.40. The molecule has 1 aromatic carbocycles. The van der Waals surface area contributed by atoms with Gasteiger partial charge in [0, 0.05) is 42.9 Å². The predicted octanol–water partition coefficient (Wildman–Crippen LogP) is 5.13. The highest BCUT2D eigenvalue weighted by Crippen LogP contribution is 2.47. The van der Waals surface area contributed by atoms with E-state index in [1.54, 1.807) is 30.6 Å². The summed E-state index contributed by atoms with van der Waals surface area (Å²) >= 11 is 0. The number of hydrogen-bond acceptors (Lipinski definition) is 6. The van der Waals surface area contributed by atoms with Gasteiger partial charge in [-0.3, -0.25) is 9.78 Å². The van der Waals surface area contributed by atoms with E-state index in [-0.39, 0.29) is 29.7 Å². The fourth-order valence-corrected chi connectivity index (χ4v) is 3.84. The lowest BCUT2D eigenvalue weighted by Gasteiger charge is -2.24. The van der Waals surface area contributed by atoms with Gasteiger partial charge in [0.1, 0.15) is 18.2 Å². The van der Waals surface area contributed by atoms with Crippen LogP contribution < -0.4 is 20.7 Å². The molecule has 0 bridgehead atoms. The number of nitrogens with one attached hydrogen (secondary N) is 3. The van der Waals surface area contributed by atoms with E-state index >= 15 is 0 Å². The van der Waals surface area contributed by atoms with Crippen molar-refractivity contribution >= 4 is 17.4 Å². The lowest BCUT2D eigenvalue weighted by atomic mass is 10.1. The molecular weight excluding hydrogens is 497 g/mol. The molecular formula is C25H24F5N5O2. The lowest BCUT2D eigenvalue weighted by Crippen LogP contribution is -2.35. The molecule has 37 heavy (non-hydrogen) atoms. The molecule has 12 heteroatoms. The number of anilines is 2. The molecule has 4 rings (SSSR count). The molecule has 1 unspecified atom stereocenters. The highest BCUT2D eigenvalue weighted by molar-refractivity contribution is 6.07. The maximum atomic E-state index is 14.2. The summed E-state index contributed by atoms with van der Waals surface area (Å²) in [5.41, 5.74) is -0.285. The Kier molecular flexibility index (Phi) is 7.86. The largest absolute Gasteiger partial charge is 0.491 e. The Labute approximate surface area is 209 Å². The second-order valence-corrected chi connectivity index (χ2v) is 8.45. The third-order valence-corrected chi connectivity index (χ3v) is 5.80. The molecule has 0 radical (unpaired) electrons. The molecule has 2 aromatic heterocycles. The van der Waals surface area contributed by atoms with E-state index in [2.05, 4.69) is 25.9 Å². The van der Waals surface area contributed by atoms with Gasteiger partial charge < -0.3 is 20.7 Å². The summed E-state index contributed by atoms with van der Waals surface area (Å²) in [6.45, 7) is 0.969. The number of carbonyl (C=O) groups is 1. The first-order chi connectivity index (χ1) is 17.6. The minimum atomic E-state index is -5.81. The smallest absolute Gasteiger partial charge is 0.458 e. The number of aromatic nitrogens is 2. The molecule has 7 nitrogen and oxygen atoms in total. The number of halogens is 5. The maximum absolute atomic E-state index is 14.2. The minimum Gasteiger partial charge on any atom is -0.491 e. The lowest BCUT2D eigenvalue weighted by molar-refractivity contribution is -0.289. The summed E-state index contributed by atoms with van der Waals surface area (Å²) in [6, 6.07) is 9.03. The molecule has 1 saturated heterocycles. The molecule has 1 aliphatic heterocycles. The van der Waals surface area contributed by atoms with E-state index in [4.69, 9.17) is 4.74 Å². The normalized spacial score (nSPS) is 15.9. The molecule has 1 aliphatic rings. The monoisotopic (exact) mass is 521 g/mol. The summed E-state index contributed by atoms with van der Waals surface area (Å²) in [5, 5.41) is 8.67. The molecule has 0 spiro atoms. The first kappa shape index (κ1) is 26.3. The number of ether oxygens (including phenoxy) is 1. The van der Waals surface area contributed by atoms with E-state index in [1.165, 1.54) is 12.3 Å². The van der Waals surface area contributed by atoms with Gasteiger partial charge in [-0.05, 0) is 61.3 Å². The molecule has 1 atom stereocenters. The SMILES string of the molecule is O=C(Nc1ccc(C(F)(F)C(F)(F)F)c(OCC2CCCN2)c1)c1cccnc1NCc1ccncc1. The van der Waals surface area contributed by atoms with Gasteiger partial charge in [-0.25, -0.2) is 4.98 Å². The molecule has 3 aromatic rings. The van der Waals surface area contributed by atoms with Crippen molar-refractivity contribution < 1.29 is 31.5 Å². The molecule has 196 valence electrons. The van der Waals surface area contributed by atoms with Gasteiger partial charge in [0.25, 0.3) is 5.91 Å². The molecule has 1 amide bonds. The zero-order valence-corrected chi connectivity index (χ0v) is 19.5. The fraction of sp³-hybridized carbons (Fsp3) is 0.320. The second kappa shape index (κ2) is 11.1. The van der Waals surface area contributed by atoms with Gasteiger partial charge in [-0.15, -0.1) is 0 Å². The molecule has 1 fully saturated rings. The van der Waals surface area contributed by atoms with Gasteiger partial charge in [0.05, 0.1) is 11.1 Å². The Hall–Kier alpha value is -3.80. The van der Waals surface area contributed by atoms with Gasteiger partial charge in [0.2, 0.25) is 0 Å². The third-order valence-electron chi connectivity index (χ3n) is 5.80. The fourth-order valence-electron chi connectivity index (χ4n) is 3.84. The van der Waals surface area contributed by atoms with Crippen LogP contribution in [0.15, 0.2) is 61.1 Å².